The van der Waals surface area contributed by atoms with Gasteiger partial charge in [-0.1, -0.05) is 25.6 Å². The lowest BCUT2D eigenvalue weighted by atomic mass is 10.2. The number of aromatic nitrogens is 4. The molecule has 0 amide bonds. The number of carbonyl (C=O) groups excluding carboxylic acids is 1. The molecule has 0 saturated heterocycles. The summed E-state index contributed by atoms with van der Waals surface area (Å²) in [6.45, 7) is 10.8. The fourth-order valence-corrected chi connectivity index (χ4v) is 2.96. The second kappa shape index (κ2) is 7.16. The van der Waals surface area contributed by atoms with E-state index in [9.17, 15) is 4.79 Å². The Balaban J connectivity index is 2.24. The Morgan fingerprint density at radius 2 is 2.00 bits per heavy atom. The first kappa shape index (κ1) is 17.5. The van der Waals surface area contributed by atoms with Gasteiger partial charge in [0.2, 0.25) is 0 Å². The van der Waals surface area contributed by atoms with Gasteiger partial charge in [-0.2, -0.15) is 5.10 Å². The summed E-state index contributed by atoms with van der Waals surface area (Å²) in [6, 6.07) is 0. The minimum atomic E-state index is -0.404. The molecule has 126 valence electrons. The van der Waals surface area contributed by atoms with Crippen molar-refractivity contribution in [3.63, 3.8) is 0 Å². The zero-order valence-corrected chi connectivity index (χ0v) is 15.1. The average molecular weight is 338 g/mol. The van der Waals surface area contributed by atoms with Gasteiger partial charge in [0.25, 0.3) is 11.1 Å². The lowest BCUT2D eigenvalue weighted by Crippen LogP contribution is -2.14. The van der Waals surface area contributed by atoms with E-state index in [0.717, 1.165) is 23.5 Å². The van der Waals surface area contributed by atoms with Crippen LogP contribution in [0, 0.1) is 19.8 Å². The Hall–Kier alpha value is -1.83. The van der Waals surface area contributed by atoms with Crippen LogP contribution in [0.3, 0.4) is 0 Å². The van der Waals surface area contributed by atoms with Gasteiger partial charge in [0.1, 0.15) is 5.25 Å². The summed E-state index contributed by atoms with van der Waals surface area (Å²) in [7, 11) is 1.36. The highest BCUT2D eigenvalue weighted by molar-refractivity contribution is 8.00. The van der Waals surface area contributed by atoms with Crippen LogP contribution < -0.4 is 0 Å². The summed E-state index contributed by atoms with van der Waals surface area (Å²) in [6.07, 6.45) is 0. The van der Waals surface area contributed by atoms with Crippen molar-refractivity contribution in [3.05, 3.63) is 11.4 Å². The number of esters is 1. The van der Waals surface area contributed by atoms with E-state index in [1.807, 2.05) is 18.5 Å². The topological polar surface area (TPSA) is 83.0 Å². The van der Waals surface area contributed by atoms with Gasteiger partial charge in [0.15, 0.2) is 0 Å². The Kier molecular flexibility index (Phi) is 5.46. The molecule has 0 N–H and O–H groups in total. The highest BCUT2D eigenvalue weighted by atomic mass is 32.2. The molecule has 0 saturated carbocycles. The summed E-state index contributed by atoms with van der Waals surface area (Å²) in [5.74, 6) is 0.594. The molecule has 0 bridgehead atoms. The van der Waals surface area contributed by atoms with Crippen molar-refractivity contribution >= 4 is 17.7 Å². The number of hydrogen-bond donors (Lipinski definition) is 0. The van der Waals surface area contributed by atoms with Crippen LogP contribution in [-0.2, 0) is 16.1 Å². The number of rotatable bonds is 6. The molecule has 7 nitrogen and oxygen atoms in total. The van der Waals surface area contributed by atoms with Crippen LogP contribution in [0.15, 0.2) is 9.64 Å². The zero-order chi connectivity index (χ0) is 17.1. The predicted molar refractivity (Wildman–Crippen MR) is 87.2 cm³/mol. The number of ether oxygens (including phenoxy) is 1. The third-order valence-electron chi connectivity index (χ3n) is 3.35. The molecule has 8 heteroatoms. The molecule has 23 heavy (non-hydrogen) atoms. The van der Waals surface area contributed by atoms with Gasteiger partial charge in [0, 0.05) is 12.2 Å². The molecule has 1 unspecified atom stereocenters. The molecule has 0 aliphatic heterocycles. The van der Waals surface area contributed by atoms with E-state index in [1.54, 1.807) is 6.92 Å². The maximum Gasteiger partial charge on any atom is 0.319 e. The third kappa shape index (κ3) is 3.93. The monoisotopic (exact) mass is 338 g/mol. The van der Waals surface area contributed by atoms with E-state index >= 15 is 0 Å². The SMILES string of the molecule is COC(=O)C(C)Sc1nnc(-c2c(C)nn(CC(C)C)c2C)o1. The van der Waals surface area contributed by atoms with E-state index in [1.165, 1.54) is 18.9 Å². The van der Waals surface area contributed by atoms with Gasteiger partial charge in [-0.05, 0) is 26.7 Å². The minimum absolute atomic E-state index is 0.327. The molecule has 0 spiro atoms. The smallest absolute Gasteiger partial charge is 0.319 e. The van der Waals surface area contributed by atoms with Crippen LogP contribution in [0.4, 0.5) is 0 Å². The number of methoxy groups -OCH3 is 1. The van der Waals surface area contributed by atoms with Crippen LogP contribution in [0.25, 0.3) is 11.5 Å². The molecule has 2 heterocycles. The molecular formula is C15H22N4O3S. The second-order valence-corrected chi connectivity index (χ2v) is 7.07. The number of hydrogen-bond acceptors (Lipinski definition) is 7. The Labute approximate surface area is 139 Å². The van der Waals surface area contributed by atoms with E-state index in [-0.39, 0.29) is 5.97 Å². The molecule has 2 aromatic rings. The largest absolute Gasteiger partial charge is 0.468 e. The molecule has 0 radical (unpaired) electrons. The fourth-order valence-electron chi connectivity index (χ4n) is 2.25. The van der Waals surface area contributed by atoms with Gasteiger partial charge >= 0.3 is 5.97 Å². The first-order valence-corrected chi connectivity index (χ1v) is 8.33. The van der Waals surface area contributed by atoms with Gasteiger partial charge in [0.05, 0.1) is 18.4 Å². The third-order valence-corrected chi connectivity index (χ3v) is 4.26. The summed E-state index contributed by atoms with van der Waals surface area (Å²) in [5.41, 5.74) is 2.71. The summed E-state index contributed by atoms with van der Waals surface area (Å²) in [4.78, 5) is 11.5. The van der Waals surface area contributed by atoms with Crippen LogP contribution in [0.5, 0.6) is 0 Å². The van der Waals surface area contributed by atoms with Crippen molar-refractivity contribution in [1.29, 1.82) is 0 Å². The van der Waals surface area contributed by atoms with Crippen LogP contribution in [0.2, 0.25) is 0 Å². The van der Waals surface area contributed by atoms with Crippen LogP contribution in [0.1, 0.15) is 32.2 Å². The molecule has 1 atom stereocenters. The standard InChI is InChI=1S/C15H22N4O3S/c1-8(2)7-19-10(4)12(9(3)18-19)13-16-17-15(22-13)23-11(5)14(20)21-6/h8,11H,7H2,1-6H3. The van der Waals surface area contributed by atoms with Crippen molar-refractivity contribution in [2.24, 2.45) is 5.92 Å². The van der Waals surface area contributed by atoms with Gasteiger partial charge in [-0.25, -0.2) is 0 Å². The minimum Gasteiger partial charge on any atom is -0.468 e. The van der Waals surface area contributed by atoms with Gasteiger partial charge < -0.3 is 9.15 Å². The van der Waals surface area contributed by atoms with E-state index in [4.69, 9.17) is 9.15 Å². The number of nitrogens with zero attached hydrogens (tertiary/aromatic N) is 4. The molecule has 0 aliphatic rings. The van der Waals surface area contributed by atoms with Crippen LogP contribution >= 0.6 is 11.8 Å². The van der Waals surface area contributed by atoms with Crippen molar-refractivity contribution < 1.29 is 13.9 Å². The maximum absolute atomic E-state index is 11.5. The lowest BCUT2D eigenvalue weighted by Gasteiger charge is -2.07. The molecule has 2 aromatic heterocycles. The Morgan fingerprint density at radius 1 is 1.30 bits per heavy atom. The van der Waals surface area contributed by atoms with Crippen molar-refractivity contribution in [1.82, 2.24) is 20.0 Å². The maximum atomic E-state index is 11.5. The summed E-state index contributed by atoms with van der Waals surface area (Å²) in [5, 5.41) is 12.6. The normalized spacial score (nSPS) is 12.7. The van der Waals surface area contributed by atoms with Crippen molar-refractivity contribution in [2.45, 2.75) is 51.6 Å². The highest BCUT2D eigenvalue weighted by Crippen LogP contribution is 2.30. The quantitative estimate of drug-likeness (QED) is 0.591. The van der Waals surface area contributed by atoms with Crippen molar-refractivity contribution in [2.75, 3.05) is 7.11 Å². The van der Waals surface area contributed by atoms with Gasteiger partial charge in [-0.3, -0.25) is 9.48 Å². The Bertz CT molecular complexity index is 693. The molecule has 0 aromatic carbocycles. The average Bonchev–Trinajstić information content (AvgIpc) is 3.02. The molecule has 0 fully saturated rings. The van der Waals surface area contributed by atoms with Crippen molar-refractivity contribution in [3.8, 4) is 11.5 Å². The predicted octanol–water partition coefficient (Wildman–Crippen LogP) is 2.86. The lowest BCUT2D eigenvalue weighted by molar-refractivity contribution is -0.139. The van der Waals surface area contributed by atoms with E-state index in [2.05, 4.69) is 29.1 Å². The fraction of sp³-hybridized carbons (Fsp3) is 0.600. The molecular weight excluding hydrogens is 316 g/mol. The first-order chi connectivity index (χ1) is 10.8. The van der Waals surface area contributed by atoms with Gasteiger partial charge in [-0.15, -0.1) is 10.2 Å². The number of carbonyl (C=O) groups is 1. The number of aryl methyl sites for hydroxylation is 1. The molecule has 2 rings (SSSR count). The zero-order valence-electron chi connectivity index (χ0n) is 14.3. The van der Waals surface area contributed by atoms with E-state index in [0.29, 0.717) is 17.0 Å². The second-order valence-electron chi connectivity index (χ2n) is 5.78. The molecule has 0 aliphatic carbocycles. The Morgan fingerprint density at radius 3 is 2.61 bits per heavy atom. The summed E-state index contributed by atoms with van der Waals surface area (Å²) < 4.78 is 12.3. The summed E-state index contributed by atoms with van der Waals surface area (Å²) >= 11 is 1.18. The number of thioether (sulfide) groups is 1. The highest BCUT2D eigenvalue weighted by Gasteiger charge is 2.22. The van der Waals surface area contributed by atoms with Crippen LogP contribution in [-0.4, -0.2) is 38.3 Å². The van der Waals surface area contributed by atoms with E-state index < -0.39 is 5.25 Å². The first-order valence-electron chi connectivity index (χ1n) is 7.45.